The van der Waals surface area contributed by atoms with Gasteiger partial charge in [0.1, 0.15) is 5.82 Å². The molecule has 1 aromatic rings. The molecule has 1 amide bonds. The highest BCUT2D eigenvalue weighted by molar-refractivity contribution is 7.89. The Bertz CT molecular complexity index is 746. The van der Waals surface area contributed by atoms with Crippen molar-refractivity contribution in [2.24, 2.45) is 11.8 Å². The van der Waals surface area contributed by atoms with E-state index in [1.165, 1.54) is 28.6 Å². The van der Waals surface area contributed by atoms with Crippen molar-refractivity contribution in [3.05, 3.63) is 30.1 Å². The maximum atomic E-state index is 13.1. The molecule has 24 heavy (non-hydrogen) atoms. The first-order chi connectivity index (χ1) is 11.5. The summed E-state index contributed by atoms with van der Waals surface area (Å²) >= 11 is 0. The molecule has 0 unspecified atom stereocenters. The summed E-state index contributed by atoms with van der Waals surface area (Å²) in [5.41, 5.74) is 0. The quantitative estimate of drug-likeness (QED) is 0.834. The summed E-state index contributed by atoms with van der Waals surface area (Å²) in [5, 5.41) is 0. The number of carbonyl (C=O) groups excluding carboxylic acids is 1. The van der Waals surface area contributed by atoms with Crippen LogP contribution in [0.25, 0.3) is 0 Å². The number of amides is 1. The first kappa shape index (κ1) is 16.0. The third kappa shape index (κ3) is 2.73. The molecule has 3 fully saturated rings. The predicted molar refractivity (Wildman–Crippen MR) is 86.1 cm³/mol. The van der Waals surface area contributed by atoms with E-state index in [1.807, 2.05) is 4.90 Å². The zero-order valence-corrected chi connectivity index (χ0v) is 14.2. The molecule has 7 heteroatoms. The average Bonchev–Trinajstić information content (AvgIpc) is 3.32. The molecule has 1 aromatic carbocycles. The molecule has 1 aliphatic carbocycles. The highest BCUT2D eigenvalue weighted by atomic mass is 32.2. The highest BCUT2D eigenvalue weighted by Crippen LogP contribution is 2.38. The minimum absolute atomic E-state index is 0.122. The van der Waals surface area contributed by atoms with Crippen LogP contribution in [-0.4, -0.2) is 49.2 Å². The van der Waals surface area contributed by atoms with Crippen LogP contribution in [-0.2, 0) is 14.8 Å². The van der Waals surface area contributed by atoms with E-state index in [-0.39, 0.29) is 28.7 Å². The van der Waals surface area contributed by atoms with Crippen LogP contribution in [0.15, 0.2) is 29.2 Å². The summed E-state index contributed by atoms with van der Waals surface area (Å²) in [6.45, 7) is 1.61. The third-order valence-corrected chi connectivity index (χ3v) is 7.33. The number of nitrogens with zero attached hydrogens (tertiary/aromatic N) is 2. The summed E-state index contributed by atoms with van der Waals surface area (Å²) in [4.78, 5) is 14.3. The second-order valence-electron chi connectivity index (χ2n) is 7.06. The van der Waals surface area contributed by atoms with E-state index < -0.39 is 15.8 Å². The van der Waals surface area contributed by atoms with E-state index in [9.17, 15) is 17.6 Å². The van der Waals surface area contributed by atoms with Crippen LogP contribution in [0.4, 0.5) is 4.39 Å². The summed E-state index contributed by atoms with van der Waals surface area (Å²) < 4.78 is 40.6. The fourth-order valence-electron chi connectivity index (χ4n) is 3.95. The van der Waals surface area contributed by atoms with Gasteiger partial charge in [-0.05, 0) is 55.9 Å². The molecule has 2 saturated heterocycles. The molecule has 2 atom stereocenters. The van der Waals surface area contributed by atoms with E-state index in [2.05, 4.69) is 0 Å². The van der Waals surface area contributed by atoms with Crippen LogP contribution in [0.1, 0.15) is 25.7 Å². The minimum Gasteiger partial charge on any atom is -0.340 e. The van der Waals surface area contributed by atoms with Crippen LogP contribution in [0, 0.1) is 17.7 Å². The van der Waals surface area contributed by atoms with Gasteiger partial charge in [-0.25, -0.2) is 12.8 Å². The third-order valence-electron chi connectivity index (χ3n) is 5.39. The number of halogens is 1. The zero-order valence-electron chi connectivity index (χ0n) is 13.4. The first-order valence-electron chi connectivity index (χ1n) is 8.53. The summed E-state index contributed by atoms with van der Waals surface area (Å²) in [7, 11) is -3.66. The SMILES string of the molecule is O=C(C1CC1)N1C[C@H]2CCCN(S(=O)(=O)c3ccc(F)cc3)[C@H]2C1. The topological polar surface area (TPSA) is 57.7 Å². The average molecular weight is 352 g/mol. The summed E-state index contributed by atoms with van der Waals surface area (Å²) in [6, 6.07) is 4.82. The number of piperidine rings is 1. The van der Waals surface area contributed by atoms with Crippen molar-refractivity contribution in [1.82, 2.24) is 9.21 Å². The largest absolute Gasteiger partial charge is 0.340 e. The molecule has 5 nitrogen and oxygen atoms in total. The molecule has 0 radical (unpaired) electrons. The number of likely N-dealkylation sites (tertiary alicyclic amines) is 1. The second-order valence-corrected chi connectivity index (χ2v) is 8.95. The van der Waals surface area contributed by atoms with Crippen molar-refractivity contribution in [2.75, 3.05) is 19.6 Å². The molecular weight excluding hydrogens is 331 g/mol. The molecule has 0 aromatic heterocycles. The Balaban J connectivity index is 1.58. The van der Waals surface area contributed by atoms with Crippen LogP contribution in [0.3, 0.4) is 0 Å². The van der Waals surface area contributed by atoms with Crippen molar-refractivity contribution in [1.29, 1.82) is 0 Å². The summed E-state index contributed by atoms with van der Waals surface area (Å²) in [5.74, 6) is 0.0973. The van der Waals surface area contributed by atoms with E-state index in [0.29, 0.717) is 19.6 Å². The fourth-order valence-corrected chi connectivity index (χ4v) is 5.66. The maximum absolute atomic E-state index is 13.1. The van der Waals surface area contributed by atoms with Gasteiger partial charge in [0.2, 0.25) is 15.9 Å². The van der Waals surface area contributed by atoms with E-state index in [4.69, 9.17) is 0 Å². The van der Waals surface area contributed by atoms with Gasteiger partial charge in [-0.3, -0.25) is 4.79 Å². The molecule has 1 saturated carbocycles. The Labute approximate surface area is 141 Å². The van der Waals surface area contributed by atoms with Crippen LogP contribution in [0.5, 0.6) is 0 Å². The summed E-state index contributed by atoms with van der Waals surface area (Å²) in [6.07, 6.45) is 3.67. The monoisotopic (exact) mass is 352 g/mol. The maximum Gasteiger partial charge on any atom is 0.243 e. The Kier molecular flexibility index (Phi) is 3.88. The van der Waals surface area contributed by atoms with Gasteiger partial charge in [-0.1, -0.05) is 0 Å². The van der Waals surface area contributed by atoms with Crippen LogP contribution in [0.2, 0.25) is 0 Å². The minimum atomic E-state index is -3.66. The van der Waals surface area contributed by atoms with Gasteiger partial charge >= 0.3 is 0 Å². The highest BCUT2D eigenvalue weighted by Gasteiger charge is 2.47. The van der Waals surface area contributed by atoms with Crippen molar-refractivity contribution < 1.29 is 17.6 Å². The van der Waals surface area contributed by atoms with Crippen molar-refractivity contribution in [3.8, 4) is 0 Å². The zero-order chi connectivity index (χ0) is 16.9. The molecule has 3 aliphatic rings. The van der Waals surface area contributed by atoms with E-state index >= 15 is 0 Å². The Morgan fingerprint density at radius 1 is 1.08 bits per heavy atom. The van der Waals surface area contributed by atoms with Gasteiger partial charge in [0, 0.05) is 31.6 Å². The van der Waals surface area contributed by atoms with Crippen LogP contribution >= 0.6 is 0 Å². The molecule has 4 rings (SSSR count). The first-order valence-corrected chi connectivity index (χ1v) is 9.97. The second kappa shape index (κ2) is 5.81. The van der Waals surface area contributed by atoms with E-state index in [0.717, 1.165) is 25.7 Å². The lowest BCUT2D eigenvalue weighted by molar-refractivity contribution is -0.131. The lowest BCUT2D eigenvalue weighted by Crippen LogP contribution is -2.48. The predicted octanol–water partition coefficient (Wildman–Crippen LogP) is 1.85. The van der Waals surface area contributed by atoms with Gasteiger partial charge in [0.25, 0.3) is 0 Å². The lowest BCUT2D eigenvalue weighted by Gasteiger charge is -2.35. The Hall–Kier alpha value is -1.47. The normalized spacial score (nSPS) is 28.0. The van der Waals surface area contributed by atoms with Gasteiger partial charge < -0.3 is 4.90 Å². The molecule has 2 heterocycles. The van der Waals surface area contributed by atoms with Crippen molar-refractivity contribution in [2.45, 2.75) is 36.6 Å². The van der Waals surface area contributed by atoms with Crippen molar-refractivity contribution >= 4 is 15.9 Å². The van der Waals surface area contributed by atoms with Gasteiger partial charge in [-0.15, -0.1) is 0 Å². The standard InChI is InChI=1S/C17H21FN2O3S/c18-14-5-7-15(8-6-14)24(22,23)20-9-1-2-13-10-19(11-16(13)20)17(21)12-3-4-12/h5-8,12-13,16H,1-4,9-11H2/t13-,16+/m1/s1. The number of hydrogen-bond acceptors (Lipinski definition) is 3. The number of benzene rings is 1. The molecule has 0 spiro atoms. The Morgan fingerprint density at radius 2 is 1.79 bits per heavy atom. The molecular formula is C17H21FN2O3S. The van der Waals surface area contributed by atoms with Gasteiger partial charge in [0.05, 0.1) is 4.90 Å². The number of hydrogen-bond donors (Lipinski definition) is 0. The molecule has 0 N–H and O–H groups in total. The van der Waals surface area contributed by atoms with Gasteiger partial charge in [0.15, 0.2) is 0 Å². The number of rotatable bonds is 3. The molecule has 2 aliphatic heterocycles. The van der Waals surface area contributed by atoms with Gasteiger partial charge in [-0.2, -0.15) is 4.31 Å². The van der Waals surface area contributed by atoms with E-state index in [1.54, 1.807) is 0 Å². The number of fused-ring (bicyclic) bond motifs is 1. The molecule has 0 bridgehead atoms. The number of sulfonamides is 1. The Morgan fingerprint density at radius 3 is 2.46 bits per heavy atom. The number of carbonyl (C=O) groups is 1. The lowest BCUT2D eigenvalue weighted by atomic mass is 9.94. The smallest absolute Gasteiger partial charge is 0.243 e. The van der Waals surface area contributed by atoms with Crippen molar-refractivity contribution in [3.63, 3.8) is 0 Å². The fraction of sp³-hybridized carbons (Fsp3) is 0.588. The van der Waals surface area contributed by atoms with Crippen LogP contribution < -0.4 is 0 Å². The molecule has 130 valence electrons.